The maximum absolute atomic E-state index is 2.27. The van der Waals surface area contributed by atoms with Gasteiger partial charge in [0.1, 0.15) is 0 Å². The molecule has 0 nitrogen and oxygen atoms in total. The van der Waals surface area contributed by atoms with Gasteiger partial charge in [0.25, 0.3) is 0 Å². The van der Waals surface area contributed by atoms with Gasteiger partial charge in [-0.2, -0.15) is 0 Å². The minimum absolute atomic E-state index is 0. The fourth-order valence-corrected chi connectivity index (χ4v) is 1.21. The van der Waals surface area contributed by atoms with Gasteiger partial charge in [0, 0.05) is 40.8 Å². The molecule has 0 rings (SSSR count). The monoisotopic (exact) mass is 284 g/mol. The van der Waals surface area contributed by atoms with Gasteiger partial charge >= 0.3 is 0 Å². The Hall–Kier alpha value is 1.35. The third-order valence-corrected chi connectivity index (χ3v) is 1.96. The molecule has 0 aliphatic heterocycles. The van der Waals surface area contributed by atoms with Gasteiger partial charge in [-0.05, 0) is 0 Å². The number of rotatable bonds is 7. The van der Waals surface area contributed by atoms with E-state index < -0.39 is 0 Å². The third-order valence-electron chi connectivity index (χ3n) is 1.96. The maximum atomic E-state index is 2.27. The van der Waals surface area contributed by atoms with E-state index in [1.165, 1.54) is 51.4 Å². The van der Waals surface area contributed by atoms with E-state index in [0.717, 1.165) is 0 Å². The molecule has 0 aliphatic carbocycles. The van der Waals surface area contributed by atoms with E-state index in [2.05, 4.69) is 13.8 Å². The van der Waals surface area contributed by atoms with Gasteiger partial charge in [0.05, 0.1) is 0 Å². The summed E-state index contributed by atoms with van der Waals surface area (Å²) < 4.78 is 0. The van der Waals surface area contributed by atoms with Crippen LogP contribution < -0.4 is 0 Å². The van der Waals surface area contributed by atoms with Crippen molar-refractivity contribution in [2.24, 2.45) is 0 Å². The first-order chi connectivity index (χ1) is 4.91. The Kier molecular flexibility index (Phi) is 18.8. The van der Waals surface area contributed by atoms with Gasteiger partial charge < -0.3 is 0 Å². The summed E-state index contributed by atoms with van der Waals surface area (Å²) in [6, 6.07) is 0. The van der Waals surface area contributed by atoms with E-state index in [0.29, 0.717) is 0 Å². The zero-order valence-corrected chi connectivity index (χ0v) is 11.4. The Bertz CT molecular complexity index is 44.8. The van der Waals surface area contributed by atoms with Crippen LogP contribution in [0.5, 0.6) is 0 Å². The molecule has 11 heavy (non-hydrogen) atoms. The molecule has 0 saturated carbocycles. The van der Waals surface area contributed by atoms with Crippen molar-refractivity contribution in [2.45, 2.75) is 65.2 Å². The molecule has 1 heteroatoms. The zero-order chi connectivity index (χ0) is 7.66. The van der Waals surface area contributed by atoms with E-state index in [-0.39, 0.29) is 40.8 Å². The molecule has 0 saturated heterocycles. The van der Waals surface area contributed by atoms with Crippen LogP contribution in [-0.2, 0) is 0 Å². The van der Waals surface area contributed by atoms with Crippen molar-refractivity contribution in [1.82, 2.24) is 0 Å². The van der Waals surface area contributed by atoms with Crippen LogP contribution in [0.4, 0.5) is 0 Å². The van der Waals surface area contributed by atoms with Gasteiger partial charge in [-0.15, -0.1) is 0 Å². The normalized spacial score (nSPS) is 9.27. The van der Waals surface area contributed by atoms with Gasteiger partial charge in [-0.1, -0.05) is 65.2 Å². The smallest absolute Gasteiger partial charge is 0 e. The van der Waals surface area contributed by atoms with Crippen molar-refractivity contribution >= 4 is 0 Å². The average molecular weight is 287 g/mol. The topological polar surface area (TPSA) is 0 Å². The molecule has 0 radical (unpaired) electrons. The Morgan fingerprint density at radius 2 is 0.818 bits per heavy atom. The quantitative estimate of drug-likeness (QED) is 0.617. The first kappa shape index (κ1) is 14.9. The minimum atomic E-state index is 0. The van der Waals surface area contributed by atoms with Crippen molar-refractivity contribution in [1.29, 1.82) is 0 Å². The molecule has 0 fully saturated rings. The molecule has 0 amide bonds. The second-order valence-electron chi connectivity index (χ2n) is 3.12. The van der Waals surface area contributed by atoms with E-state index in [4.69, 9.17) is 0 Å². The zero-order valence-electron chi connectivity index (χ0n) is 8.16. The van der Waals surface area contributed by atoms with Crippen LogP contribution in [-0.4, -0.2) is 0 Å². The summed E-state index contributed by atoms with van der Waals surface area (Å²) in [6.45, 7) is 4.54. The summed E-state index contributed by atoms with van der Waals surface area (Å²) in [7, 11) is 0. The minimum Gasteiger partial charge on any atom is -0.0654 e. The van der Waals surface area contributed by atoms with Crippen LogP contribution in [0.15, 0.2) is 0 Å². The average Bonchev–Trinajstić information content (AvgIpc) is 1.97. The first-order valence-electron chi connectivity index (χ1n) is 4.91. The van der Waals surface area contributed by atoms with Crippen LogP contribution in [0.2, 0.25) is 0 Å². The van der Waals surface area contributed by atoms with Crippen LogP contribution in [0, 0.1) is 40.8 Å². The predicted octanol–water partition coefficient (Wildman–Crippen LogP) is 4.15. The van der Waals surface area contributed by atoms with E-state index in [1.807, 2.05) is 0 Å². The molecule has 0 spiro atoms. The molecule has 0 aromatic heterocycles. The van der Waals surface area contributed by atoms with Crippen LogP contribution >= 0.6 is 0 Å². The Balaban J connectivity index is 0. The summed E-state index contributed by atoms with van der Waals surface area (Å²) in [5.74, 6) is 0. The number of hydrogen-bond donors (Lipinski definition) is 0. The van der Waals surface area contributed by atoms with Crippen LogP contribution in [0.25, 0.3) is 0 Å². The summed E-state index contributed by atoms with van der Waals surface area (Å²) >= 11 is 0. The second-order valence-corrected chi connectivity index (χ2v) is 3.12. The van der Waals surface area contributed by atoms with Gasteiger partial charge in [-0.25, -0.2) is 0 Å². The first-order valence-corrected chi connectivity index (χ1v) is 4.91. The van der Waals surface area contributed by atoms with Crippen molar-refractivity contribution in [3.8, 4) is 0 Å². The fraction of sp³-hybridized carbons (Fsp3) is 1.00. The standard InChI is InChI=1S/C10H22.Nd/c1-3-5-7-9-10-8-6-4-2;/h3-10H2,1-2H3;. The maximum Gasteiger partial charge on any atom is 0 e. The summed E-state index contributed by atoms with van der Waals surface area (Å²) in [6.07, 6.45) is 11.5. The summed E-state index contributed by atoms with van der Waals surface area (Å²) in [5, 5.41) is 0. The molecule has 0 aromatic carbocycles. The molecule has 0 N–H and O–H groups in total. The van der Waals surface area contributed by atoms with Gasteiger partial charge in [0.15, 0.2) is 0 Å². The van der Waals surface area contributed by atoms with Crippen molar-refractivity contribution < 1.29 is 40.8 Å². The number of unbranched alkanes of at least 4 members (excludes halogenated alkanes) is 7. The molecule has 0 bridgehead atoms. The van der Waals surface area contributed by atoms with Crippen LogP contribution in [0.3, 0.4) is 0 Å². The molecule has 0 atom stereocenters. The second kappa shape index (κ2) is 13.9. The molecule has 0 heterocycles. The van der Waals surface area contributed by atoms with E-state index >= 15 is 0 Å². The van der Waals surface area contributed by atoms with Gasteiger partial charge in [0.2, 0.25) is 0 Å². The van der Waals surface area contributed by atoms with E-state index in [9.17, 15) is 0 Å². The molecule has 66 valence electrons. The molecule has 0 aliphatic rings. The van der Waals surface area contributed by atoms with Crippen molar-refractivity contribution in [2.75, 3.05) is 0 Å². The van der Waals surface area contributed by atoms with E-state index in [1.54, 1.807) is 0 Å². The summed E-state index contributed by atoms with van der Waals surface area (Å²) in [4.78, 5) is 0. The number of hydrogen-bond acceptors (Lipinski definition) is 0. The SMILES string of the molecule is CCCCCCCCCC.[Nd]. The Morgan fingerprint density at radius 1 is 0.545 bits per heavy atom. The summed E-state index contributed by atoms with van der Waals surface area (Å²) in [5.41, 5.74) is 0. The molecule has 0 unspecified atom stereocenters. The largest absolute Gasteiger partial charge is 0.0654 e. The Labute approximate surface area is 105 Å². The predicted molar refractivity (Wildman–Crippen MR) is 48.3 cm³/mol. The Morgan fingerprint density at radius 3 is 1.09 bits per heavy atom. The fourth-order valence-electron chi connectivity index (χ4n) is 1.21. The van der Waals surface area contributed by atoms with Crippen molar-refractivity contribution in [3.63, 3.8) is 0 Å². The third kappa shape index (κ3) is 14.2. The van der Waals surface area contributed by atoms with Crippen molar-refractivity contribution in [3.05, 3.63) is 0 Å². The molecule has 0 aromatic rings. The van der Waals surface area contributed by atoms with Crippen LogP contribution in [0.1, 0.15) is 65.2 Å². The molecular formula is C10H22Nd. The molecular weight excluding hydrogens is 264 g/mol. The van der Waals surface area contributed by atoms with Gasteiger partial charge in [-0.3, -0.25) is 0 Å².